The summed E-state index contributed by atoms with van der Waals surface area (Å²) >= 11 is 0. The summed E-state index contributed by atoms with van der Waals surface area (Å²) < 4.78 is 56.2. The maximum absolute atomic E-state index is 13.2. The van der Waals surface area contributed by atoms with Gasteiger partial charge in [0.1, 0.15) is 18.3 Å². The van der Waals surface area contributed by atoms with E-state index in [0.717, 1.165) is 37.7 Å². The summed E-state index contributed by atoms with van der Waals surface area (Å²) in [6, 6.07) is 9.83. The zero-order valence-electron chi connectivity index (χ0n) is 37.6. The topological polar surface area (TPSA) is 181 Å². The molecule has 8 fully saturated rings. The lowest BCUT2D eigenvalue weighted by Crippen LogP contribution is -2.67. The summed E-state index contributed by atoms with van der Waals surface area (Å²) in [5.41, 5.74) is -1.21. The molecule has 0 spiro atoms. The molecule has 4 saturated heterocycles. The van der Waals surface area contributed by atoms with E-state index in [2.05, 4.69) is 6.92 Å². The van der Waals surface area contributed by atoms with Crippen LogP contribution in [-0.4, -0.2) is 124 Å². The van der Waals surface area contributed by atoms with Gasteiger partial charge in [-0.15, -0.1) is 0 Å². The number of hydrogen-bond donors (Lipinski definition) is 4. The fourth-order valence-electron chi connectivity index (χ4n) is 13.7. The van der Waals surface area contributed by atoms with E-state index in [1.807, 2.05) is 71.9 Å². The Morgan fingerprint density at radius 3 is 1.98 bits per heavy atom. The first-order chi connectivity index (χ1) is 29.5. The van der Waals surface area contributed by atoms with Gasteiger partial charge in [0.15, 0.2) is 25.2 Å². The number of benzene rings is 1. The minimum Gasteiger partial charge on any atom is -0.463 e. The van der Waals surface area contributed by atoms with Crippen LogP contribution in [0.3, 0.4) is 0 Å². The third-order valence-electron chi connectivity index (χ3n) is 17.1. The number of aliphatic hydroxyl groups is 4. The summed E-state index contributed by atoms with van der Waals surface area (Å²) in [6.07, 6.45) is -1.65. The van der Waals surface area contributed by atoms with E-state index in [0.29, 0.717) is 31.6 Å². The number of rotatable bonds is 9. The van der Waals surface area contributed by atoms with Crippen LogP contribution in [0.15, 0.2) is 30.3 Å². The number of ether oxygens (including phenoxy) is 9. The Kier molecular flexibility index (Phi) is 12.8. The zero-order valence-corrected chi connectivity index (χ0v) is 37.6. The molecule has 4 aliphatic carbocycles. The first-order valence-electron chi connectivity index (χ1n) is 23.7. The molecular formula is C48H72O14. The van der Waals surface area contributed by atoms with Gasteiger partial charge in [-0.3, -0.25) is 4.79 Å². The molecule has 348 valence electrons. The summed E-state index contributed by atoms with van der Waals surface area (Å²) in [7, 11) is 0. The van der Waals surface area contributed by atoms with Crippen molar-refractivity contribution < 1.29 is 67.9 Å². The van der Waals surface area contributed by atoms with Gasteiger partial charge in [-0.1, -0.05) is 44.2 Å². The van der Waals surface area contributed by atoms with Crippen LogP contribution in [0.4, 0.5) is 0 Å². The molecule has 0 aromatic heterocycles. The number of hydrogen-bond acceptors (Lipinski definition) is 14. The lowest BCUT2D eigenvalue weighted by Gasteiger charge is -2.64. The van der Waals surface area contributed by atoms with Gasteiger partial charge in [-0.25, -0.2) is 0 Å². The maximum atomic E-state index is 13.2. The maximum Gasteiger partial charge on any atom is 0.309 e. The molecule has 1 aromatic rings. The Balaban J connectivity index is 0.750. The Morgan fingerprint density at radius 2 is 1.34 bits per heavy atom. The van der Waals surface area contributed by atoms with Crippen molar-refractivity contribution >= 4 is 5.97 Å². The molecular weight excluding hydrogens is 801 g/mol. The molecule has 0 bridgehead atoms. The average Bonchev–Trinajstić information content (AvgIpc) is 3.78. The second-order valence-corrected chi connectivity index (χ2v) is 20.9. The van der Waals surface area contributed by atoms with Gasteiger partial charge in [0.05, 0.1) is 66.5 Å². The molecule has 8 aliphatic rings. The van der Waals surface area contributed by atoms with Crippen LogP contribution in [0.5, 0.6) is 0 Å². The second-order valence-electron chi connectivity index (χ2n) is 20.9. The Hall–Kier alpha value is -1.79. The monoisotopic (exact) mass is 872 g/mol. The number of carbonyl (C=O) groups excluding carboxylic acids is 1. The van der Waals surface area contributed by atoms with Crippen LogP contribution in [0, 0.1) is 34.5 Å². The first-order valence-corrected chi connectivity index (χ1v) is 23.7. The Bertz CT molecular complexity index is 1690. The molecule has 1 aromatic carbocycles. The molecule has 4 unspecified atom stereocenters. The fraction of sp³-hybridized carbons (Fsp3) is 0.854. The van der Waals surface area contributed by atoms with Crippen molar-refractivity contribution in [3.05, 3.63) is 35.9 Å². The van der Waals surface area contributed by atoms with E-state index in [9.17, 15) is 25.2 Å². The fourth-order valence-corrected chi connectivity index (χ4v) is 13.7. The van der Waals surface area contributed by atoms with E-state index < -0.39 is 84.8 Å². The van der Waals surface area contributed by atoms with Crippen molar-refractivity contribution in [2.75, 3.05) is 0 Å². The lowest BCUT2D eigenvalue weighted by atomic mass is 9.42. The Morgan fingerprint density at radius 1 is 0.710 bits per heavy atom. The first kappa shape index (κ1) is 45.4. The zero-order chi connectivity index (χ0) is 43.9. The van der Waals surface area contributed by atoms with Crippen LogP contribution in [0.25, 0.3) is 0 Å². The lowest BCUT2D eigenvalue weighted by molar-refractivity contribution is -0.334. The quantitative estimate of drug-likeness (QED) is 0.182. The van der Waals surface area contributed by atoms with E-state index in [-0.39, 0.29) is 66.6 Å². The minimum absolute atomic E-state index is 0.00521. The predicted octanol–water partition coefficient (Wildman–Crippen LogP) is 5.45. The van der Waals surface area contributed by atoms with Crippen molar-refractivity contribution in [2.24, 2.45) is 34.5 Å². The molecule has 0 amide bonds. The van der Waals surface area contributed by atoms with Crippen LogP contribution in [0.2, 0.25) is 0 Å². The normalized spacial score (nSPS) is 51.5. The Labute approximate surface area is 366 Å². The predicted molar refractivity (Wildman–Crippen MR) is 222 cm³/mol. The van der Waals surface area contributed by atoms with Gasteiger partial charge < -0.3 is 63.1 Å². The van der Waals surface area contributed by atoms with E-state index in [1.165, 1.54) is 0 Å². The standard InChI is InChI=1S/C48H72O14/c1-24(2)54-44(52)32-16-18-48(53)31-14-13-29-19-30(15-17-46(29,6)33(31)20-37(51)47(32,48)7)58-38-21-34(49)41(25(3)55-38)60-39-22-35(50)42(26(4)56-39)61-40-23-36-43(27(5)57-40)62-45(59-36)28-11-9-8-10-12-28/h8-12,24-27,29-43,45,49-51,53H,13-23H2,1-7H3/t25-,26-,27-,29-,30+,31-,32-,33+,34+,35+,36+,37-,38?,39?,40?,41-,42-,43-,45?,46+,47+,48+/m1/s1. The van der Waals surface area contributed by atoms with Gasteiger partial charge in [0.2, 0.25) is 0 Å². The van der Waals surface area contributed by atoms with Crippen molar-refractivity contribution in [1.29, 1.82) is 0 Å². The number of fused-ring (bicyclic) bond motifs is 6. The highest BCUT2D eigenvalue weighted by Gasteiger charge is 2.72. The molecule has 4 N–H and O–H groups in total. The van der Waals surface area contributed by atoms with E-state index in [4.69, 9.17) is 42.6 Å². The molecule has 9 rings (SSSR count). The van der Waals surface area contributed by atoms with E-state index in [1.54, 1.807) is 0 Å². The van der Waals surface area contributed by atoms with Crippen molar-refractivity contribution in [1.82, 2.24) is 0 Å². The number of carbonyl (C=O) groups is 1. The third-order valence-corrected chi connectivity index (χ3v) is 17.1. The van der Waals surface area contributed by atoms with Crippen molar-refractivity contribution in [3.8, 4) is 0 Å². The highest BCUT2D eigenvalue weighted by atomic mass is 16.8. The molecule has 4 aliphatic heterocycles. The van der Waals surface area contributed by atoms with Crippen LogP contribution in [0.1, 0.15) is 131 Å². The molecule has 62 heavy (non-hydrogen) atoms. The molecule has 14 heteroatoms. The second kappa shape index (κ2) is 17.5. The summed E-state index contributed by atoms with van der Waals surface area (Å²) in [6.45, 7) is 13.6. The van der Waals surface area contributed by atoms with Crippen LogP contribution in [-0.2, 0) is 47.4 Å². The van der Waals surface area contributed by atoms with Gasteiger partial charge in [0.25, 0.3) is 0 Å². The number of aliphatic hydroxyl groups excluding tert-OH is 3. The molecule has 4 saturated carbocycles. The van der Waals surface area contributed by atoms with Gasteiger partial charge in [-0.05, 0) is 109 Å². The van der Waals surface area contributed by atoms with Gasteiger partial charge >= 0.3 is 5.97 Å². The van der Waals surface area contributed by atoms with E-state index >= 15 is 0 Å². The smallest absolute Gasteiger partial charge is 0.309 e. The molecule has 0 radical (unpaired) electrons. The van der Waals surface area contributed by atoms with Crippen molar-refractivity contribution in [2.45, 2.75) is 223 Å². The van der Waals surface area contributed by atoms with Gasteiger partial charge in [-0.2, -0.15) is 0 Å². The highest BCUT2D eigenvalue weighted by Crippen LogP contribution is 2.69. The van der Waals surface area contributed by atoms with Gasteiger partial charge in [0, 0.05) is 30.2 Å². The largest absolute Gasteiger partial charge is 0.463 e. The summed E-state index contributed by atoms with van der Waals surface area (Å²) in [5.74, 6) is -0.347. The van der Waals surface area contributed by atoms with Crippen LogP contribution < -0.4 is 0 Å². The molecule has 4 heterocycles. The van der Waals surface area contributed by atoms with Crippen LogP contribution >= 0.6 is 0 Å². The third kappa shape index (κ3) is 8.01. The van der Waals surface area contributed by atoms with Crippen molar-refractivity contribution in [3.63, 3.8) is 0 Å². The number of esters is 1. The molecule has 14 nitrogen and oxygen atoms in total. The summed E-state index contributed by atoms with van der Waals surface area (Å²) in [4.78, 5) is 13.2. The SMILES string of the molecule is CC(C)OC(=O)[C@H]1CC[C@]2(O)[C@@H]3CC[C@@H]4C[C@@H](OC5C[C@H](O)[C@H](OC6C[C@H](O)[C@H](OC7C[C@@H]8OC(c9ccccc9)O[C@@H]8[C@@H](C)O7)[C@@H](C)O6)[C@@H](C)O5)CC[C@]4(C)[C@H]3C[C@@H](O)[C@]12C. The average molecular weight is 873 g/mol. The summed E-state index contributed by atoms with van der Waals surface area (Å²) in [5, 5.41) is 47.1. The highest BCUT2D eigenvalue weighted by molar-refractivity contribution is 5.75. The molecule has 22 atom stereocenters. The minimum atomic E-state index is -1.13.